The van der Waals surface area contributed by atoms with Gasteiger partial charge in [0.15, 0.2) is 0 Å². The van der Waals surface area contributed by atoms with Gasteiger partial charge in [-0.1, -0.05) is 31.9 Å². The van der Waals surface area contributed by atoms with Gasteiger partial charge in [0.1, 0.15) is 0 Å². The van der Waals surface area contributed by atoms with E-state index in [1.807, 2.05) is 0 Å². The van der Waals surface area contributed by atoms with E-state index in [0.29, 0.717) is 0 Å². The number of hydrogen-bond donors (Lipinski definition) is 1. The van der Waals surface area contributed by atoms with Crippen LogP contribution >= 0.6 is 0 Å². The summed E-state index contributed by atoms with van der Waals surface area (Å²) in [6, 6.07) is 0. The summed E-state index contributed by atoms with van der Waals surface area (Å²) in [7, 11) is 0. The number of carbonyl (C=O) groups is 1. The van der Waals surface area contributed by atoms with Crippen LogP contribution in [0.1, 0.15) is 59.3 Å². The van der Waals surface area contributed by atoms with E-state index in [9.17, 15) is 4.79 Å². The first kappa shape index (κ1) is 14.2. The number of carbonyl (C=O) groups excluding carboxylic acids is 1. The van der Waals surface area contributed by atoms with Gasteiger partial charge in [0.05, 0.1) is 0 Å². The molecule has 2 nitrogen and oxygen atoms in total. The maximum atomic E-state index is 11.1. The van der Waals surface area contributed by atoms with Gasteiger partial charge in [0.25, 0.3) is 0 Å². The lowest BCUT2D eigenvalue weighted by Gasteiger charge is -2.11. The zero-order valence-electron chi connectivity index (χ0n) is 10.4. The van der Waals surface area contributed by atoms with Crippen LogP contribution in [0, 0.1) is 5.92 Å². The van der Waals surface area contributed by atoms with E-state index >= 15 is 0 Å². The zero-order chi connectivity index (χ0) is 11.7. The van der Waals surface area contributed by atoms with Gasteiger partial charge in [0, 0.05) is 5.92 Å². The van der Waals surface area contributed by atoms with Gasteiger partial charge in [-0.25, -0.2) is 0 Å². The van der Waals surface area contributed by atoms with Gasteiger partial charge in [-0.2, -0.15) is 0 Å². The highest BCUT2D eigenvalue weighted by Crippen LogP contribution is 2.16. The first-order valence-corrected chi connectivity index (χ1v) is 6.06. The molecule has 0 saturated carbocycles. The predicted octanol–water partition coefficient (Wildman–Crippen LogP) is 3.41. The third-order valence-corrected chi connectivity index (χ3v) is 2.72. The van der Waals surface area contributed by atoms with Crippen molar-refractivity contribution in [1.29, 1.82) is 0 Å². The Kier molecular flexibility index (Phi) is 8.06. The van der Waals surface area contributed by atoms with Crippen LogP contribution in [-0.4, -0.2) is 5.91 Å². The average Bonchev–Trinajstić information content (AvgIpc) is 2.16. The Morgan fingerprint density at radius 2 is 2.00 bits per heavy atom. The molecule has 0 rings (SSSR count). The van der Waals surface area contributed by atoms with Crippen LogP contribution in [0.3, 0.4) is 0 Å². The quantitative estimate of drug-likeness (QED) is 0.614. The topological polar surface area (TPSA) is 43.1 Å². The summed E-state index contributed by atoms with van der Waals surface area (Å²) in [6.07, 6.45) is 8.44. The van der Waals surface area contributed by atoms with Gasteiger partial charge < -0.3 is 5.73 Å². The summed E-state index contributed by atoms with van der Waals surface area (Å²) in [5.41, 5.74) is 6.77. The van der Waals surface area contributed by atoms with Crippen LogP contribution in [0.5, 0.6) is 0 Å². The number of amides is 1. The summed E-state index contributed by atoms with van der Waals surface area (Å²) in [5.74, 6) is -0.0431. The Balaban J connectivity index is 3.80. The molecule has 1 unspecified atom stereocenters. The molecule has 1 amide bonds. The van der Waals surface area contributed by atoms with Crippen LogP contribution in [0.15, 0.2) is 11.6 Å². The Hall–Kier alpha value is -0.790. The van der Waals surface area contributed by atoms with Gasteiger partial charge in [-0.15, -0.1) is 0 Å². The number of nitrogens with two attached hydrogens (primary N) is 1. The summed E-state index contributed by atoms with van der Waals surface area (Å²) < 4.78 is 0. The lowest BCUT2D eigenvalue weighted by atomic mass is 9.95. The summed E-state index contributed by atoms with van der Waals surface area (Å²) in [4.78, 5) is 11.1. The molecule has 2 heteroatoms. The fourth-order valence-corrected chi connectivity index (χ4v) is 1.86. The third-order valence-electron chi connectivity index (χ3n) is 2.72. The highest BCUT2D eigenvalue weighted by atomic mass is 16.1. The average molecular weight is 211 g/mol. The molecule has 1 atom stereocenters. The van der Waals surface area contributed by atoms with E-state index in [1.54, 1.807) is 0 Å². The molecule has 0 fully saturated rings. The molecule has 0 aromatic rings. The van der Waals surface area contributed by atoms with Crippen molar-refractivity contribution in [2.45, 2.75) is 59.3 Å². The van der Waals surface area contributed by atoms with Crippen molar-refractivity contribution in [3.05, 3.63) is 11.6 Å². The Labute approximate surface area is 93.9 Å². The van der Waals surface area contributed by atoms with E-state index < -0.39 is 0 Å². The summed E-state index contributed by atoms with van der Waals surface area (Å²) in [5, 5.41) is 0. The van der Waals surface area contributed by atoms with Crippen LogP contribution in [0.4, 0.5) is 0 Å². The molecule has 0 aromatic heterocycles. The first-order chi connectivity index (χ1) is 7.11. The molecule has 0 radical (unpaired) electrons. The van der Waals surface area contributed by atoms with Crippen molar-refractivity contribution in [2.24, 2.45) is 11.7 Å². The van der Waals surface area contributed by atoms with Crippen molar-refractivity contribution in [2.75, 3.05) is 0 Å². The Morgan fingerprint density at radius 1 is 1.33 bits per heavy atom. The van der Waals surface area contributed by atoms with Crippen LogP contribution in [-0.2, 0) is 4.79 Å². The summed E-state index contributed by atoms with van der Waals surface area (Å²) >= 11 is 0. The minimum atomic E-state index is -0.131. The van der Waals surface area contributed by atoms with Crippen LogP contribution in [0.2, 0.25) is 0 Å². The second-order valence-electron chi connectivity index (χ2n) is 4.24. The highest BCUT2D eigenvalue weighted by molar-refractivity contribution is 5.76. The standard InChI is InChI=1S/C13H25NO/c1-4-7-11(3)9-6-10-12(8-5-2)13(14)15/h7,12H,4-6,8-10H2,1-3H3,(H2,14,15)/b11-7+. The molecule has 2 N–H and O–H groups in total. The number of rotatable bonds is 8. The second kappa shape index (κ2) is 8.51. The van der Waals surface area contributed by atoms with Crippen molar-refractivity contribution < 1.29 is 4.79 Å². The Morgan fingerprint density at radius 3 is 2.47 bits per heavy atom. The fourth-order valence-electron chi connectivity index (χ4n) is 1.86. The van der Waals surface area contributed by atoms with E-state index in [0.717, 1.165) is 38.5 Å². The Bertz CT molecular complexity index is 209. The van der Waals surface area contributed by atoms with Crippen molar-refractivity contribution in [3.8, 4) is 0 Å². The lowest BCUT2D eigenvalue weighted by molar-refractivity contribution is -0.122. The fraction of sp³-hybridized carbons (Fsp3) is 0.769. The molecular formula is C13H25NO. The monoisotopic (exact) mass is 211 g/mol. The van der Waals surface area contributed by atoms with Crippen molar-refractivity contribution >= 4 is 5.91 Å². The van der Waals surface area contributed by atoms with Gasteiger partial charge in [-0.3, -0.25) is 4.79 Å². The normalized spacial score (nSPS) is 13.9. The van der Waals surface area contributed by atoms with Gasteiger partial charge in [-0.05, 0) is 39.0 Å². The smallest absolute Gasteiger partial charge is 0.220 e. The van der Waals surface area contributed by atoms with Gasteiger partial charge in [0.2, 0.25) is 5.91 Å². The minimum Gasteiger partial charge on any atom is -0.369 e. The van der Waals surface area contributed by atoms with E-state index in [-0.39, 0.29) is 11.8 Å². The molecule has 0 aliphatic carbocycles. The lowest BCUT2D eigenvalue weighted by Crippen LogP contribution is -2.23. The molecule has 0 aliphatic heterocycles. The van der Waals surface area contributed by atoms with Crippen molar-refractivity contribution in [3.63, 3.8) is 0 Å². The molecule has 0 saturated heterocycles. The maximum absolute atomic E-state index is 11.1. The first-order valence-electron chi connectivity index (χ1n) is 6.06. The summed E-state index contributed by atoms with van der Waals surface area (Å²) in [6.45, 7) is 6.40. The molecule has 15 heavy (non-hydrogen) atoms. The molecule has 0 aromatic carbocycles. The van der Waals surface area contributed by atoms with E-state index in [1.165, 1.54) is 5.57 Å². The molecular weight excluding hydrogens is 186 g/mol. The third kappa shape index (κ3) is 7.18. The second-order valence-corrected chi connectivity index (χ2v) is 4.24. The molecule has 0 aliphatic rings. The predicted molar refractivity (Wildman–Crippen MR) is 65.5 cm³/mol. The van der Waals surface area contributed by atoms with E-state index in [2.05, 4.69) is 26.8 Å². The van der Waals surface area contributed by atoms with Gasteiger partial charge >= 0.3 is 0 Å². The molecule has 0 bridgehead atoms. The number of primary amides is 1. The molecule has 0 heterocycles. The van der Waals surface area contributed by atoms with Crippen LogP contribution < -0.4 is 5.73 Å². The largest absolute Gasteiger partial charge is 0.369 e. The van der Waals surface area contributed by atoms with E-state index in [4.69, 9.17) is 5.73 Å². The number of allylic oxidation sites excluding steroid dienone is 2. The van der Waals surface area contributed by atoms with Crippen molar-refractivity contribution in [1.82, 2.24) is 0 Å². The molecule has 0 spiro atoms. The highest BCUT2D eigenvalue weighted by Gasteiger charge is 2.13. The van der Waals surface area contributed by atoms with Crippen LogP contribution in [0.25, 0.3) is 0 Å². The minimum absolute atomic E-state index is 0.0874. The maximum Gasteiger partial charge on any atom is 0.220 e. The number of hydrogen-bond acceptors (Lipinski definition) is 1. The zero-order valence-corrected chi connectivity index (χ0v) is 10.4. The SMILES string of the molecule is CC/C=C(\C)CCCC(CCC)C(N)=O. The molecule has 88 valence electrons.